The number of halogens is 3. The highest BCUT2D eigenvalue weighted by Gasteiger charge is 2.40. The van der Waals surface area contributed by atoms with Crippen molar-refractivity contribution in [1.82, 2.24) is 4.98 Å². The third-order valence-electron chi connectivity index (χ3n) is 2.08. The van der Waals surface area contributed by atoms with Crippen molar-refractivity contribution >= 4 is 28.3 Å². The van der Waals surface area contributed by atoms with Crippen molar-refractivity contribution in [2.45, 2.75) is 32.9 Å². The van der Waals surface area contributed by atoms with Crippen molar-refractivity contribution < 1.29 is 27.5 Å². The fraction of sp³-hybridized carbons (Fsp3) is 0.545. The number of nitrogens with zero attached hydrogens (tertiary/aromatic N) is 1. The molecule has 1 amide bonds. The minimum atomic E-state index is -4.79. The lowest BCUT2D eigenvalue weighted by molar-refractivity contribution is -0.141. The van der Waals surface area contributed by atoms with Gasteiger partial charge < -0.3 is 10.1 Å². The van der Waals surface area contributed by atoms with Crippen molar-refractivity contribution in [1.29, 1.82) is 0 Å². The van der Waals surface area contributed by atoms with Crippen LogP contribution in [0.25, 0.3) is 0 Å². The van der Waals surface area contributed by atoms with E-state index in [0.29, 0.717) is 17.8 Å². The van der Waals surface area contributed by atoms with Crippen LogP contribution in [0.1, 0.15) is 42.1 Å². The number of esters is 1. The molecule has 1 rings (SSSR count). The van der Waals surface area contributed by atoms with E-state index in [4.69, 9.17) is 0 Å². The zero-order chi connectivity index (χ0) is 15.3. The molecule has 1 aromatic heterocycles. The Morgan fingerprint density at radius 2 is 2.00 bits per heavy atom. The SMILES string of the molecule is CCCC(=O)Nc1nc(C(F)(F)F)c(C(=O)OCC)s1. The molecule has 0 radical (unpaired) electrons. The second-order valence-corrected chi connectivity index (χ2v) is 4.71. The van der Waals surface area contributed by atoms with E-state index >= 15 is 0 Å². The Hall–Kier alpha value is -1.64. The maximum atomic E-state index is 12.8. The highest BCUT2D eigenvalue weighted by atomic mass is 32.1. The zero-order valence-electron chi connectivity index (χ0n) is 10.8. The second-order valence-electron chi connectivity index (χ2n) is 3.71. The van der Waals surface area contributed by atoms with E-state index in [1.807, 2.05) is 0 Å². The summed E-state index contributed by atoms with van der Waals surface area (Å²) in [5, 5.41) is 1.97. The monoisotopic (exact) mass is 310 g/mol. The largest absolute Gasteiger partial charge is 0.462 e. The predicted molar refractivity (Wildman–Crippen MR) is 66.6 cm³/mol. The molecule has 0 aromatic carbocycles. The number of carbonyl (C=O) groups is 2. The molecule has 1 N–H and O–H groups in total. The molecule has 0 aliphatic carbocycles. The van der Waals surface area contributed by atoms with Crippen LogP contribution in [0.5, 0.6) is 0 Å². The van der Waals surface area contributed by atoms with Gasteiger partial charge in [0.25, 0.3) is 0 Å². The predicted octanol–water partition coefficient (Wildman–Crippen LogP) is 3.08. The topological polar surface area (TPSA) is 68.3 Å². The molecule has 0 spiro atoms. The first kappa shape index (κ1) is 16.4. The summed E-state index contributed by atoms with van der Waals surface area (Å²) < 4.78 is 42.9. The maximum Gasteiger partial charge on any atom is 0.435 e. The Bertz CT molecular complexity index is 500. The standard InChI is InChI=1S/C11H13F3N2O3S/c1-3-5-6(17)15-10-16-8(11(12,13)14)7(20-10)9(18)19-4-2/h3-5H2,1-2H3,(H,15,16,17). The molecule has 5 nitrogen and oxygen atoms in total. The summed E-state index contributed by atoms with van der Waals surface area (Å²) in [5.74, 6) is -1.56. The summed E-state index contributed by atoms with van der Waals surface area (Å²) in [6.07, 6.45) is -4.07. The number of rotatable bonds is 5. The van der Waals surface area contributed by atoms with Gasteiger partial charge in [-0.2, -0.15) is 13.2 Å². The van der Waals surface area contributed by atoms with Crippen LogP contribution in [0, 0.1) is 0 Å². The van der Waals surface area contributed by atoms with Crippen LogP contribution in [-0.4, -0.2) is 23.5 Å². The average Bonchev–Trinajstić information content (AvgIpc) is 2.73. The van der Waals surface area contributed by atoms with Gasteiger partial charge in [-0.3, -0.25) is 4.79 Å². The summed E-state index contributed by atoms with van der Waals surface area (Å²) in [7, 11) is 0. The van der Waals surface area contributed by atoms with Crippen molar-refractivity contribution in [3.63, 3.8) is 0 Å². The van der Waals surface area contributed by atoms with Crippen molar-refractivity contribution in [2.75, 3.05) is 11.9 Å². The van der Waals surface area contributed by atoms with Gasteiger partial charge in [0, 0.05) is 6.42 Å². The number of hydrogen-bond donors (Lipinski definition) is 1. The Morgan fingerprint density at radius 3 is 2.50 bits per heavy atom. The molecule has 0 aliphatic heterocycles. The lowest BCUT2D eigenvalue weighted by Gasteiger charge is -2.04. The van der Waals surface area contributed by atoms with Crippen LogP contribution in [0.4, 0.5) is 18.3 Å². The van der Waals surface area contributed by atoms with Gasteiger partial charge in [0.2, 0.25) is 5.91 Å². The fourth-order valence-electron chi connectivity index (χ4n) is 1.31. The fourth-order valence-corrected chi connectivity index (χ4v) is 2.21. The van der Waals surface area contributed by atoms with Gasteiger partial charge >= 0.3 is 12.1 Å². The van der Waals surface area contributed by atoms with E-state index in [2.05, 4.69) is 15.0 Å². The van der Waals surface area contributed by atoms with Gasteiger partial charge in [-0.25, -0.2) is 9.78 Å². The number of carbonyl (C=O) groups excluding carboxylic acids is 2. The summed E-state index contributed by atoms with van der Waals surface area (Å²) >= 11 is 0.451. The molecule has 0 aliphatic rings. The second kappa shape index (κ2) is 6.69. The van der Waals surface area contributed by atoms with Crippen molar-refractivity contribution in [3.8, 4) is 0 Å². The van der Waals surface area contributed by atoms with Gasteiger partial charge in [-0.15, -0.1) is 0 Å². The number of ether oxygens (including phenoxy) is 1. The molecule has 0 atom stereocenters. The normalized spacial score (nSPS) is 11.2. The molecule has 20 heavy (non-hydrogen) atoms. The lowest BCUT2D eigenvalue weighted by Crippen LogP contribution is -2.14. The molecule has 0 bridgehead atoms. The van der Waals surface area contributed by atoms with Crippen molar-refractivity contribution in [3.05, 3.63) is 10.6 Å². The van der Waals surface area contributed by atoms with Crippen LogP contribution >= 0.6 is 11.3 Å². The molecular formula is C11H13F3N2O3S. The molecule has 1 aromatic rings. The van der Waals surface area contributed by atoms with E-state index in [0.717, 1.165) is 0 Å². The Labute approximate surface area is 117 Å². The van der Waals surface area contributed by atoms with Crippen LogP contribution in [0.3, 0.4) is 0 Å². The lowest BCUT2D eigenvalue weighted by atomic mass is 10.3. The van der Waals surface area contributed by atoms with Gasteiger partial charge in [0.15, 0.2) is 10.8 Å². The first-order valence-corrected chi connectivity index (χ1v) is 6.66. The quantitative estimate of drug-likeness (QED) is 0.849. The van der Waals surface area contributed by atoms with Gasteiger partial charge in [0.1, 0.15) is 4.88 Å². The summed E-state index contributed by atoms with van der Waals surface area (Å²) in [5.41, 5.74) is -1.34. The first-order chi connectivity index (χ1) is 9.29. The highest BCUT2D eigenvalue weighted by Crippen LogP contribution is 2.36. The number of aromatic nitrogens is 1. The molecule has 9 heteroatoms. The number of amides is 1. The number of alkyl halides is 3. The van der Waals surface area contributed by atoms with Crippen molar-refractivity contribution in [2.24, 2.45) is 0 Å². The zero-order valence-corrected chi connectivity index (χ0v) is 11.7. The number of anilines is 1. The molecule has 0 saturated carbocycles. The highest BCUT2D eigenvalue weighted by molar-refractivity contribution is 7.17. The molecule has 1 heterocycles. The van der Waals surface area contributed by atoms with E-state index < -0.39 is 28.6 Å². The van der Waals surface area contributed by atoms with E-state index in [1.54, 1.807) is 6.92 Å². The van der Waals surface area contributed by atoms with E-state index in [9.17, 15) is 22.8 Å². The Morgan fingerprint density at radius 1 is 1.35 bits per heavy atom. The van der Waals surface area contributed by atoms with E-state index in [-0.39, 0.29) is 18.2 Å². The molecule has 0 saturated heterocycles. The Balaban J connectivity index is 3.06. The van der Waals surface area contributed by atoms with Crippen LogP contribution in [0.2, 0.25) is 0 Å². The molecular weight excluding hydrogens is 297 g/mol. The number of hydrogen-bond acceptors (Lipinski definition) is 5. The Kier molecular flexibility index (Phi) is 5.49. The first-order valence-electron chi connectivity index (χ1n) is 5.84. The molecule has 112 valence electrons. The smallest absolute Gasteiger partial charge is 0.435 e. The van der Waals surface area contributed by atoms with Gasteiger partial charge in [-0.1, -0.05) is 18.3 Å². The summed E-state index contributed by atoms with van der Waals surface area (Å²) in [4.78, 5) is 25.4. The van der Waals surface area contributed by atoms with Crippen LogP contribution in [0.15, 0.2) is 0 Å². The summed E-state index contributed by atoms with van der Waals surface area (Å²) in [6.45, 7) is 3.19. The third kappa shape index (κ3) is 4.19. The van der Waals surface area contributed by atoms with Gasteiger partial charge in [0.05, 0.1) is 6.61 Å². The van der Waals surface area contributed by atoms with Crippen LogP contribution in [-0.2, 0) is 15.7 Å². The third-order valence-corrected chi connectivity index (χ3v) is 3.03. The average molecular weight is 310 g/mol. The molecule has 0 unspecified atom stereocenters. The minimum absolute atomic E-state index is 0.0500. The number of nitrogens with one attached hydrogen (secondary N) is 1. The van der Waals surface area contributed by atoms with Crippen LogP contribution < -0.4 is 5.32 Å². The van der Waals surface area contributed by atoms with E-state index in [1.165, 1.54) is 6.92 Å². The van der Waals surface area contributed by atoms with Gasteiger partial charge in [-0.05, 0) is 13.3 Å². The minimum Gasteiger partial charge on any atom is -0.462 e. The maximum absolute atomic E-state index is 12.8. The number of thiazole rings is 1. The molecule has 0 fully saturated rings. The summed E-state index contributed by atoms with van der Waals surface area (Å²) in [6, 6.07) is 0.